The predicted molar refractivity (Wildman–Crippen MR) is 110 cm³/mol. The van der Waals surface area contributed by atoms with Crippen LogP contribution < -0.4 is 5.49 Å². The van der Waals surface area contributed by atoms with Gasteiger partial charge in [-0.15, -0.1) is 0 Å². The Kier molecular flexibility index (Phi) is 6.15. The second kappa shape index (κ2) is 8.95. The SMILES string of the molecule is CCc1ccccc1N=CCc1cccc(=Nc2ccccc2CC)[nH]1. The molecule has 0 amide bonds. The van der Waals surface area contributed by atoms with Gasteiger partial charge in [0.1, 0.15) is 5.49 Å². The zero-order valence-electron chi connectivity index (χ0n) is 15.4. The van der Waals surface area contributed by atoms with E-state index >= 15 is 0 Å². The maximum Gasteiger partial charge on any atom is 0.130 e. The number of hydrogen-bond donors (Lipinski definition) is 1. The lowest BCUT2D eigenvalue weighted by atomic mass is 10.1. The first kappa shape index (κ1) is 17.9. The number of nitrogens with one attached hydrogen (secondary N) is 1. The Bertz CT molecular complexity index is 951. The Balaban J connectivity index is 1.79. The van der Waals surface area contributed by atoms with E-state index in [0.29, 0.717) is 0 Å². The summed E-state index contributed by atoms with van der Waals surface area (Å²) in [7, 11) is 0. The van der Waals surface area contributed by atoms with Crippen LogP contribution in [0.15, 0.2) is 76.7 Å². The minimum Gasteiger partial charge on any atom is -0.343 e. The maximum absolute atomic E-state index is 4.77. The van der Waals surface area contributed by atoms with Gasteiger partial charge in [0.15, 0.2) is 0 Å². The first-order chi connectivity index (χ1) is 12.8. The highest BCUT2D eigenvalue weighted by molar-refractivity contribution is 5.66. The lowest BCUT2D eigenvalue weighted by molar-refractivity contribution is 1.05. The number of hydrogen-bond acceptors (Lipinski definition) is 2. The molecule has 3 nitrogen and oxygen atoms in total. The molecule has 0 radical (unpaired) electrons. The number of aliphatic imine (C=N–C) groups is 1. The molecule has 3 heteroatoms. The zero-order valence-corrected chi connectivity index (χ0v) is 15.4. The van der Waals surface area contributed by atoms with Gasteiger partial charge >= 0.3 is 0 Å². The van der Waals surface area contributed by atoms with Gasteiger partial charge in [-0.3, -0.25) is 4.99 Å². The van der Waals surface area contributed by atoms with Crippen molar-refractivity contribution in [3.05, 3.63) is 89.0 Å². The van der Waals surface area contributed by atoms with Gasteiger partial charge in [-0.05, 0) is 48.2 Å². The molecule has 0 bridgehead atoms. The van der Waals surface area contributed by atoms with Gasteiger partial charge in [0.05, 0.1) is 11.4 Å². The quantitative estimate of drug-likeness (QED) is 0.589. The van der Waals surface area contributed by atoms with E-state index in [4.69, 9.17) is 4.99 Å². The van der Waals surface area contributed by atoms with Crippen molar-refractivity contribution in [2.75, 3.05) is 0 Å². The second-order valence-corrected chi connectivity index (χ2v) is 6.15. The molecule has 0 spiro atoms. The van der Waals surface area contributed by atoms with Crippen molar-refractivity contribution in [2.45, 2.75) is 33.1 Å². The van der Waals surface area contributed by atoms with Gasteiger partial charge < -0.3 is 4.98 Å². The Morgan fingerprint density at radius 1 is 0.769 bits per heavy atom. The highest BCUT2D eigenvalue weighted by atomic mass is 14.9. The number of nitrogens with zero attached hydrogens (tertiary/aromatic N) is 2. The van der Waals surface area contributed by atoms with Crippen LogP contribution in [-0.4, -0.2) is 11.2 Å². The summed E-state index contributed by atoms with van der Waals surface area (Å²) in [6.45, 7) is 4.31. The molecule has 0 unspecified atom stereocenters. The average molecular weight is 343 g/mol. The molecule has 1 heterocycles. The number of pyridine rings is 1. The van der Waals surface area contributed by atoms with E-state index in [1.165, 1.54) is 11.1 Å². The lowest BCUT2D eigenvalue weighted by Crippen LogP contribution is -2.09. The van der Waals surface area contributed by atoms with Crippen LogP contribution >= 0.6 is 0 Å². The van der Waals surface area contributed by atoms with Gasteiger partial charge in [-0.1, -0.05) is 56.3 Å². The molecule has 26 heavy (non-hydrogen) atoms. The van der Waals surface area contributed by atoms with Crippen LogP contribution in [0, 0.1) is 0 Å². The molecule has 0 aliphatic heterocycles. The number of H-pyrrole nitrogens is 1. The van der Waals surface area contributed by atoms with Crippen molar-refractivity contribution in [3.63, 3.8) is 0 Å². The monoisotopic (exact) mass is 343 g/mol. The normalized spacial score (nSPS) is 12.0. The van der Waals surface area contributed by atoms with E-state index in [-0.39, 0.29) is 0 Å². The molecule has 0 fully saturated rings. The summed E-state index contributed by atoms with van der Waals surface area (Å²) < 4.78 is 0. The van der Waals surface area contributed by atoms with Crippen LogP contribution in [0.5, 0.6) is 0 Å². The molecule has 3 aromatic rings. The summed E-state index contributed by atoms with van der Waals surface area (Å²) in [5.74, 6) is 0. The first-order valence-corrected chi connectivity index (χ1v) is 9.21. The van der Waals surface area contributed by atoms with Crippen LogP contribution in [0.3, 0.4) is 0 Å². The van der Waals surface area contributed by atoms with Gasteiger partial charge in [0, 0.05) is 18.3 Å². The molecule has 2 aromatic carbocycles. The number of para-hydroxylation sites is 2. The van der Waals surface area contributed by atoms with Gasteiger partial charge in [-0.2, -0.15) is 0 Å². The summed E-state index contributed by atoms with van der Waals surface area (Å²) in [6.07, 6.45) is 4.68. The van der Waals surface area contributed by atoms with Crippen molar-refractivity contribution in [3.8, 4) is 0 Å². The average Bonchev–Trinajstić information content (AvgIpc) is 2.69. The van der Waals surface area contributed by atoms with E-state index in [9.17, 15) is 0 Å². The molecule has 0 atom stereocenters. The van der Waals surface area contributed by atoms with Crippen LogP contribution in [0.4, 0.5) is 11.4 Å². The summed E-state index contributed by atoms with van der Waals surface area (Å²) in [5, 5.41) is 0. The minimum absolute atomic E-state index is 0.747. The van der Waals surface area contributed by atoms with Crippen molar-refractivity contribution in [1.82, 2.24) is 4.98 Å². The minimum atomic E-state index is 0.747. The Morgan fingerprint density at radius 2 is 1.42 bits per heavy atom. The molecule has 1 N–H and O–H groups in total. The fraction of sp³-hybridized carbons (Fsp3) is 0.217. The smallest absolute Gasteiger partial charge is 0.130 e. The van der Waals surface area contributed by atoms with Crippen molar-refractivity contribution < 1.29 is 0 Å². The van der Waals surface area contributed by atoms with Crippen LogP contribution in [0.25, 0.3) is 0 Å². The number of aromatic amines is 1. The molecule has 132 valence electrons. The first-order valence-electron chi connectivity index (χ1n) is 9.21. The molecule has 3 rings (SSSR count). The third-order valence-electron chi connectivity index (χ3n) is 4.37. The van der Waals surface area contributed by atoms with Gasteiger partial charge in [0.25, 0.3) is 0 Å². The highest BCUT2D eigenvalue weighted by Crippen LogP contribution is 2.19. The summed E-state index contributed by atoms with van der Waals surface area (Å²) in [5.41, 5.74) is 6.56. The number of benzene rings is 2. The van der Waals surface area contributed by atoms with Gasteiger partial charge in [-0.25, -0.2) is 4.99 Å². The van der Waals surface area contributed by atoms with E-state index < -0.39 is 0 Å². The fourth-order valence-electron chi connectivity index (χ4n) is 2.91. The molecule has 0 saturated carbocycles. The van der Waals surface area contributed by atoms with E-state index in [2.05, 4.69) is 66.3 Å². The maximum atomic E-state index is 4.77. The Labute approximate surface area is 155 Å². The third-order valence-corrected chi connectivity index (χ3v) is 4.37. The topological polar surface area (TPSA) is 40.5 Å². The fourth-order valence-corrected chi connectivity index (χ4v) is 2.91. The van der Waals surface area contributed by atoms with Crippen molar-refractivity contribution in [2.24, 2.45) is 9.98 Å². The third kappa shape index (κ3) is 4.57. The highest BCUT2D eigenvalue weighted by Gasteiger charge is 1.98. The molecule has 1 aromatic heterocycles. The second-order valence-electron chi connectivity index (χ2n) is 6.15. The molecule has 0 aliphatic rings. The number of aromatic nitrogens is 1. The molecule has 0 aliphatic carbocycles. The number of rotatable bonds is 6. The molecule has 0 saturated heterocycles. The molecular formula is C23H25N3. The van der Waals surface area contributed by atoms with Gasteiger partial charge in [0.2, 0.25) is 0 Å². The standard InChI is InChI=1S/C23H25N3/c1-3-18-10-5-7-13-21(18)24-17-16-20-12-9-15-23(25-20)26-22-14-8-6-11-19(22)4-2/h5-15,17H,3-4,16H2,1-2H3,(H,25,26). The largest absolute Gasteiger partial charge is 0.343 e. The summed E-state index contributed by atoms with van der Waals surface area (Å²) >= 11 is 0. The van der Waals surface area contributed by atoms with E-state index in [1.54, 1.807) is 0 Å². The lowest BCUT2D eigenvalue weighted by Gasteiger charge is -2.03. The summed E-state index contributed by atoms with van der Waals surface area (Å²) in [6, 6.07) is 22.7. The van der Waals surface area contributed by atoms with Crippen LogP contribution in [-0.2, 0) is 19.3 Å². The molecular weight excluding hydrogens is 318 g/mol. The van der Waals surface area contributed by atoms with E-state index in [1.807, 2.05) is 30.5 Å². The van der Waals surface area contributed by atoms with Crippen LogP contribution in [0.1, 0.15) is 30.7 Å². The van der Waals surface area contributed by atoms with E-state index in [0.717, 1.165) is 41.8 Å². The predicted octanol–water partition coefficient (Wildman–Crippen LogP) is 5.32. The van der Waals surface area contributed by atoms with Crippen molar-refractivity contribution >= 4 is 17.6 Å². The summed E-state index contributed by atoms with van der Waals surface area (Å²) in [4.78, 5) is 12.8. The Hall–Kier alpha value is -2.94. The Morgan fingerprint density at radius 3 is 2.15 bits per heavy atom. The van der Waals surface area contributed by atoms with Crippen molar-refractivity contribution in [1.29, 1.82) is 0 Å². The van der Waals surface area contributed by atoms with Crippen LogP contribution in [0.2, 0.25) is 0 Å². The zero-order chi connectivity index (χ0) is 18.2. The number of aryl methyl sites for hydroxylation is 2.